The highest BCUT2D eigenvalue weighted by Gasteiger charge is 2.16. The molecule has 0 saturated heterocycles. The van der Waals surface area contributed by atoms with E-state index in [1.54, 1.807) is 19.1 Å². The molecule has 0 unspecified atom stereocenters. The minimum atomic E-state index is -0.498. The summed E-state index contributed by atoms with van der Waals surface area (Å²) < 4.78 is 6.98. The molecule has 2 aromatic rings. The van der Waals surface area contributed by atoms with Crippen LogP contribution in [0.1, 0.15) is 38.1 Å². The van der Waals surface area contributed by atoms with Gasteiger partial charge in [-0.1, -0.05) is 25.6 Å². The molecule has 0 fully saturated rings. The number of carbonyl (C=O) groups is 3. The molecule has 0 spiro atoms. The van der Waals surface area contributed by atoms with E-state index >= 15 is 0 Å². The molecule has 0 bridgehead atoms. The Bertz CT molecular complexity index is 863. The van der Waals surface area contributed by atoms with Crippen molar-refractivity contribution >= 4 is 40.7 Å². The average Bonchev–Trinajstić information content (AvgIpc) is 3.01. The van der Waals surface area contributed by atoms with E-state index in [4.69, 9.17) is 4.74 Å². The third-order valence-electron chi connectivity index (χ3n) is 3.80. The van der Waals surface area contributed by atoms with Gasteiger partial charge in [-0.05, 0) is 38.0 Å². The molecule has 8 nitrogen and oxygen atoms in total. The molecule has 28 heavy (non-hydrogen) atoms. The van der Waals surface area contributed by atoms with E-state index < -0.39 is 17.9 Å². The number of carbonyl (C=O) groups excluding carboxylic acids is 3. The molecule has 0 aliphatic heterocycles. The van der Waals surface area contributed by atoms with E-state index in [9.17, 15) is 14.4 Å². The fourth-order valence-corrected chi connectivity index (χ4v) is 3.38. The van der Waals surface area contributed by atoms with Crippen molar-refractivity contribution in [2.24, 2.45) is 5.92 Å². The van der Waals surface area contributed by atoms with E-state index in [2.05, 4.69) is 15.6 Å². The van der Waals surface area contributed by atoms with Crippen LogP contribution in [0.3, 0.4) is 0 Å². The van der Waals surface area contributed by atoms with Crippen molar-refractivity contribution in [1.29, 1.82) is 0 Å². The summed E-state index contributed by atoms with van der Waals surface area (Å²) in [7, 11) is 0. The molecule has 0 saturated carbocycles. The highest BCUT2D eigenvalue weighted by molar-refractivity contribution is 7.99. The molecule has 0 radical (unpaired) electrons. The van der Waals surface area contributed by atoms with E-state index in [0.717, 1.165) is 5.52 Å². The standard InChI is InChI=1S/C19H26N4O4S/c1-5-23-15-8-7-13(17(25)27-6-2)9-14(15)21-19(23)28-11-16(24)22-18(26)20-10-12(3)4/h7-9,12H,5-6,10-11H2,1-4H3,(H2,20,22,24,26). The maximum Gasteiger partial charge on any atom is 0.338 e. The van der Waals surface area contributed by atoms with Crippen molar-refractivity contribution in [1.82, 2.24) is 20.2 Å². The normalized spacial score (nSPS) is 10.9. The van der Waals surface area contributed by atoms with E-state index in [1.165, 1.54) is 11.8 Å². The average molecular weight is 407 g/mol. The molecule has 2 rings (SSSR count). The number of imide groups is 1. The van der Waals surface area contributed by atoms with Crippen molar-refractivity contribution in [3.63, 3.8) is 0 Å². The number of nitrogens with one attached hydrogen (secondary N) is 2. The minimum Gasteiger partial charge on any atom is -0.462 e. The van der Waals surface area contributed by atoms with Gasteiger partial charge in [-0.25, -0.2) is 14.6 Å². The van der Waals surface area contributed by atoms with E-state index in [-0.39, 0.29) is 5.75 Å². The number of amides is 3. The quantitative estimate of drug-likeness (QED) is 0.516. The number of hydrogen-bond acceptors (Lipinski definition) is 6. The van der Waals surface area contributed by atoms with Crippen LogP contribution < -0.4 is 10.6 Å². The Morgan fingerprint density at radius 3 is 2.64 bits per heavy atom. The zero-order valence-electron chi connectivity index (χ0n) is 16.6. The number of urea groups is 1. The number of fused-ring (bicyclic) bond motifs is 1. The first-order chi connectivity index (χ1) is 13.3. The Hall–Kier alpha value is -2.55. The fraction of sp³-hybridized carbons (Fsp3) is 0.474. The number of esters is 1. The van der Waals surface area contributed by atoms with Crippen LogP contribution in [-0.2, 0) is 16.1 Å². The summed E-state index contributed by atoms with van der Waals surface area (Å²) in [6, 6.07) is 4.71. The van der Waals surface area contributed by atoms with Gasteiger partial charge in [-0.3, -0.25) is 10.1 Å². The van der Waals surface area contributed by atoms with Gasteiger partial charge in [-0.15, -0.1) is 0 Å². The number of aromatic nitrogens is 2. The van der Waals surface area contributed by atoms with Crippen LogP contribution in [-0.4, -0.2) is 46.4 Å². The second-order valence-electron chi connectivity index (χ2n) is 6.50. The van der Waals surface area contributed by atoms with Crippen LogP contribution in [0.2, 0.25) is 0 Å². The first-order valence-electron chi connectivity index (χ1n) is 9.23. The summed E-state index contributed by atoms with van der Waals surface area (Å²) in [5.74, 6) is -0.424. The van der Waals surface area contributed by atoms with Gasteiger partial charge in [0, 0.05) is 13.1 Å². The Balaban J connectivity index is 2.06. The zero-order valence-corrected chi connectivity index (χ0v) is 17.4. The smallest absolute Gasteiger partial charge is 0.338 e. The molecule has 2 N–H and O–H groups in total. The predicted molar refractivity (Wildman–Crippen MR) is 108 cm³/mol. The largest absolute Gasteiger partial charge is 0.462 e. The van der Waals surface area contributed by atoms with E-state index in [1.807, 2.05) is 31.4 Å². The molecular weight excluding hydrogens is 380 g/mol. The SMILES string of the molecule is CCOC(=O)c1ccc2c(c1)nc(SCC(=O)NC(=O)NCC(C)C)n2CC. The maximum atomic E-state index is 12.0. The molecule has 152 valence electrons. The molecule has 0 aliphatic carbocycles. The van der Waals surface area contributed by atoms with Gasteiger partial charge < -0.3 is 14.6 Å². The van der Waals surface area contributed by atoms with Gasteiger partial charge in [0.15, 0.2) is 5.16 Å². The van der Waals surface area contributed by atoms with Gasteiger partial charge >= 0.3 is 12.0 Å². The second-order valence-corrected chi connectivity index (χ2v) is 7.45. The molecule has 1 heterocycles. The molecule has 1 aromatic carbocycles. The molecule has 0 atom stereocenters. The lowest BCUT2D eigenvalue weighted by Gasteiger charge is -2.09. The molecule has 9 heteroatoms. The first kappa shape index (κ1) is 21.7. The highest BCUT2D eigenvalue weighted by Crippen LogP contribution is 2.25. The third-order valence-corrected chi connectivity index (χ3v) is 4.77. The molecular formula is C19H26N4O4S. The number of rotatable bonds is 8. The van der Waals surface area contributed by atoms with Crippen LogP contribution >= 0.6 is 11.8 Å². The van der Waals surface area contributed by atoms with Crippen LogP contribution in [0.15, 0.2) is 23.4 Å². The van der Waals surface area contributed by atoms with Gasteiger partial charge in [0.25, 0.3) is 0 Å². The van der Waals surface area contributed by atoms with Gasteiger partial charge in [-0.2, -0.15) is 0 Å². The first-order valence-corrected chi connectivity index (χ1v) is 10.2. The van der Waals surface area contributed by atoms with Crippen LogP contribution in [0.4, 0.5) is 4.79 Å². The summed E-state index contributed by atoms with van der Waals surface area (Å²) in [6.07, 6.45) is 0. The third kappa shape index (κ3) is 5.72. The number of nitrogens with zero attached hydrogens (tertiary/aromatic N) is 2. The van der Waals surface area contributed by atoms with Crippen LogP contribution in [0, 0.1) is 5.92 Å². The highest BCUT2D eigenvalue weighted by atomic mass is 32.2. The van der Waals surface area contributed by atoms with Crippen molar-refractivity contribution in [3.05, 3.63) is 23.8 Å². The number of benzene rings is 1. The monoisotopic (exact) mass is 406 g/mol. The summed E-state index contributed by atoms with van der Waals surface area (Å²) >= 11 is 1.24. The summed E-state index contributed by atoms with van der Waals surface area (Å²) in [6.45, 7) is 9.14. The van der Waals surface area contributed by atoms with Crippen molar-refractivity contribution < 1.29 is 19.1 Å². The number of thioether (sulfide) groups is 1. The number of hydrogen-bond donors (Lipinski definition) is 2. The number of ether oxygens (including phenoxy) is 1. The zero-order chi connectivity index (χ0) is 20.7. The van der Waals surface area contributed by atoms with Crippen LogP contribution in [0.25, 0.3) is 11.0 Å². The topological polar surface area (TPSA) is 102 Å². The second kappa shape index (κ2) is 10.1. The number of imidazole rings is 1. The van der Waals surface area contributed by atoms with Crippen molar-refractivity contribution in [3.8, 4) is 0 Å². The Morgan fingerprint density at radius 1 is 1.25 bits per heavy atom. The molecule has 3 amide bonds. The lowest BCUT2D eigenvalue weighted by Crippen LogP contribution is -2.41. The fourth-order valence-electron chi connectivity index (χ4n) is 2.50. The summed E-state index contributed by atoms with van der Waals surface area (Å²) in [4.78, 5) is 40.1. The van der Waals surface area contributed by atoms with Gasteiger partial charge in [0.05, 0.1) is 29.0 Å². The van der Waals surface area contributed by atoms with Crippen molar-refractivity contribution in [2.45, 2.75) is 39.4 Å². The Labute approximate surface area is 168 Å². The predicted octanol–water partition coefficient (Wildman–Crippen LogP) is 2.81. The maximum absolute atomic E-state index is 12.0. The summed E-state index contributed by atoms with van der Waals surface area (Å²) in [5.41, 5.74) is 1.96. The Morgan fingerprint density at radius 2 is 2.00 bits per heavy atom. The Kier molecular flexibility index (Phi) is 7.86. The lowest BCUT2D eigenvalue weighted by atomic mass is 10.2. The van der Waals surface area contributed by atoms with E-state index in [0.29, 0.717) is 41.9 Å². The minimum absolute atomic E-state index is 0.0587. The lowest BCUT2D eigenvalue weighted by molar-refractivity contribution is -0.117. The van der Waals surface area contributed by atoms with Crippen molar-refractivity contribution in [2.75, 3.05) is 18.9 Å². The molecule has 0 aliphatic rings. The molecule has 1 aromatic heterocycles. The number of aryl methyl sites for hydroxylation is 1. The van der Waals surface area contributed by atoms with Gasteiger partial charge in [0.1, 0.15) is 0 Å². The summed E-state index contributed by atoms with van der Waals surface area (Å²) in [5, 5.41) is 5.59. The van der Waals surface area contributed by atoms with Gasteiger partial charge in [0.2, 0.25) is 5.91 Å². The van der Waals surface area contributed by atoms with Crippen LogP contribution in [0.5, 0.6) is 0 Å².